The van der Waals surface area contributed by atoms with Gasteiger partial charge >= 0.3 is 6.18 Å². The van der Waals surface area contributed by atoms with E-state index >= 15 is 0 Å². The van der Waals surface area contributed by atoms with Crippen molar-refractivity contribution in [3.8, 4) is 0 Å². The predicted octanol–water partition coefficient (Wildman–Crippen LogP) is 3.95. The largest absolute Gasteiger partial charge is 0.406 e. The molecule has 0 rings (SSSR count). The van der Waals surface area contributed by atoms with E-state index in [0.29, 0.717) is 0 Å². The van der Waals surface area contributed by atoms with E-state index in [2.05, 4.69) is 0 Å². The van der Waals surface area contributed by atoms with Gasteiger partial charge in [-0.1, -0.05) is 13.8 Å². The summed E-state index contributed by atoms with van der Waals surface area (Å²) in [6.45, 7) is 1.96. The molecule has 0 saturated carbocycles. The fourth-order valence-electron chi connectivity index (χ4n) is 0.783. The molecule has 0 aromatic heterocycles. The number of amides is 1. The van der Waals surface area contributed by atoms with Gasteiger partial charge in [-0.2, -0.15) is 13.2 Å². The van der Waals surface area contributed by atoms with Crippen LogP contribution in [0.15, 0.2) is 0 Å². The smallest absolute Gasteiger partial charge is 0.302 e. The molecule has 0 radical (unpaired) electrons. The van der Waals surface area contributed by atoms with E-state index in [-0.39, 0.29) is 0 Å². The van der Waals surface area contributed by atoms with Crippen molar-refractivity contribution in [3.63, 3.8) is 0 Å². The Hall–Kier alpha value is 1.45. The van der Waals surface area contributed by atoms with E-state index < -0.39 is 24.1 Å². The fraction of sp³-hybridized carbons (Fsp3) is 0.857. The molecule has 1 amide bonds. The lowest BCUT2D eigenvalue weighted by atomic mass is 10.2. The highest BCUT2D eigenvalue weighted by Crippen LogP contribution is 2.41. The number of rotatable bonds is 3. The zero-order chi connectivity index (χ0) is 12.4. The average Bonchev–Trinajstić information content (AvgIpc) is 1.94. The molecule has 0 aliphatic carbocycles. The highest BCUT2D eigenvalue weighted by atomic mass is 127. The average molecular weight is 561 g/mol. The summed E-state index contributed by atoms with van der Waals surface area (Å²) in [5.74, 6) is -0.934. The first-order chi connectivity index (χ1) is 6.45. The number of halogens is 6. The number of hydrogen-bond acceptors (Lipinski definition) is 1. The highest BCUT2D eigenvalue weighted by Gasteiger charge is 2.41. The summed E-state index contributed by atoms with van der Waals surface area (Å²) in [5.41, 5.74) is 0. The maximum atomic E-state index is 12.3. The molecule has 0 saturated heterocycles. The lowest BCUT2D eigenvalue weighted by Crippen LogP contribution is -2.46. The molecule has 0 atom stereocenters. The van der Waals surface area contributed by atoms with Gasteiger partial charge in [0.05, 0.1) is 0 Å². The van der Waals surface area contributed by atoms with Crippen LogP contribution < -0.4 is 0 Å². The zero-order valence-corrected chi connectivity index (χ0v) is 14.4. The quantitative estimate of drug-likeness (QED) is 0.291. The summed E-state index contributed by atoms with van der Waals surface area (Å²) >= 11 is 5.42. The maximum absolute atomic E-state index is 12.3. The van der Waals surface area contributed by atoms with Crippen LogP contribution in [0, 0.1) is 5.92 Å². The van der Waals surface area contributed by atoms with E-state index in [1.165, 1.54) is 0 Å². The van der Waals surface area contributed by atoms with Crippen molar-refractivity contribution in [1.29, 1.82) is 0 Å². The molecule has 0 spiro atoms. The summed E-state index contributed by atoms with van der Waals surface area (Å²) < 4.78 is 35.9. The van der Waals surface area contributed by atoms with Crippen LogP contribution in [0.25, 0.3) is 0 Å². The summed E-state index contributed by atoms with van der Waals surface area (Å²) in [6, 6.07) is 0. The van der Waals surface area contributed by atoms with Gasteiger partial charge in [0.25, 0.3) is 0 Å². The lowest BCUT2D eigenvalue weighted by molar-refractivity contribution is -0.161. The van der Waals surface area contributed by atoms with Crippen molar-refractivity contribution in [2.75, 3.05) is 6.54 Å². The Morgan fingerprint density at radius 2 is 1.67 bits per heavy atom. The standard InChI is InChI=1S/C7H9F3I3NO/c1-4(2)5(15)14(7(11,12)13)3-6(8,9)10/h4H,3H2,1-2H3. The molecule has 0 bridgehead atoms. The van der Waals surface area contributed by atoms with Crippen LogP contribution in [0.1, 0.15) is 13.8 Å². The second-order valence-corrected chi connectivity index (χ2v) is 14.0. The Morgan fingerprint density at radius 1 is 1.27 bits per heavy atom. The van der Waals surface area contributed by atoms with Crippen molar-refractivity contribution in [2.24, 2.45) is 5.92 Å². The van der Waals surface area contributed by atoms with Gasteiger partial charge in [0.1, 0.15) is 6.54 Å². The number of hydrogen-bond donors (Lipinski definition) is 0. The van der Waals surface area contributed by atoms with E-state index in [9.17, 15) is 18.0 Å². The van der Waals surface area contributed by atoms with Crippen LogP contribution in [0.2, 0.25) is 0 Å². The van der Waals surface area contributed by atoms with E-state index in [0.717, 1.165) is 4.90 Å². The third-order valence-corrected chi connectivity index (χ3v) is 3.15. The molecule has 90 valence electrons. The van der Waals surface area contributed by atoms with Gasteiger partial charge in [-0.25, -0.2) is 0 Å². The van der Waals surface area contributed by atoms with Crippen molar-refractivity contribution in [1.82, 2.24) is 4.90 Å². The molecule has 0 aromatic rings. The van der Waals surface area contributed by atoms with Gasteiger partial charge in [0.15, 0.2) is -0.441 Å². The third kappa shape index (κ3) is 6.68. The Bertz CT molecular complexity index is 237. The Balaban J connectivity index is 4.84. The lowest BCUT2D eigenvalue weighted by Gasteiger charge is -2.32. The normalized spacial score (nSPS) is 13.1. The first kappa shape index (κ1) is 16.4. The second-order valence-electron chi connectivity index (χ2n) is 3.16. The van der Waals surface area contributed by atoms with E-state index in [4.69, 9.17) is 0 Å². The topological polar surface area (TPSA) is 20.3 Å². The Morgan fingerprint density at radius 3 is 1.87 bits per heavy atom. The summed E-state index contributed by atoms with van der Waals surface area (Å²) in [6.07, 6.45) is -4.36. The van der Waals surface area contributed by atoms with Gasteiger partial charge < -0.3 is 4.90 Å². The van der Waals surface area contributed by atoms with Crippen molar-refractivity contribution >= 4 is 73.7 Å². The summed E-state index contributed by atoms with van der Waals surface area (Å²) in [7, 11) is 0. The van der Waals surface area contributed by atoms with Crippen molar-refractivity contribution in [2.45, 2.75) is 19.6 Å². The van der Waals surface area contributed by atoms with Gasteiger partial charge in [0, 0.05) is 5.92 Å². The molecule has 0 fully saturated rings. The second kappa shape index (κ2) is 5.87. The molecule has 15 heavy (non-hydrogen) atoms. The van der Waals surface area contributed by atoms with Crippen LogP contribution in [0.5, 0.6) is 0 Å². The monoisotopic (exact) mass is 561 g/mol. The number of carbonyl (C=O) groups excluding carboxylic acids is 1. The highest BCUT2D eigenvalue weighted by molar-refractivity contribution is 14.3. The van der Waals surface area contributed by atoms with Gasteiger partial charge in [-0.15, -0.1) is 0 Å². The minimum absolute atomic E-state index is 0.439. The van der Waals surface area contributed by atoms with Crippen molar-refractivity contribution < 1.29 is 18.0 Å². The Labute approximate surface area is 127 Å². The molecule has 2 nitrogen and oxygen atoms in total. The molecule has 0 aromatic carbocycles. The van der Waals surface area contributed by atoms with Crippen LogP contribution in [0.3, 0.4) is 0 Å². The first-order valence-electron chi connectivity index (χ1n) is 3.90. The van der Waals surface area contributed by atoms with Crippen molar-refractivity contribution in [3.05, 3.63) is 0 Å². The summed E-state index contributed by atoms with van der Waals surface area (Å²) in [5, 5.41) is 0. The molecular weight excluding hydrogens is 552 g/mol. The van der Waals surface area contributed by atoms with Gasteiger partial charge in [0.2, 0.25) is 5.91 Å². The van der Waals surface area contributed by atoms with Crippen LogP contribution in [-0.4, -0.2) is 23.1 Å². The molecule has 0 N–H and O–H groups in total. The van der Waals surface area contributed by atoms with Crippen LogP contribution in [-0.2, 0) is 4.79 Å². The fourth-order valence-corrected chi connectivity index (χ4v) is 2.01. The number of nitrogens with zero attached hydrogens (tertiary/aromatic N) is 1. The third-order valence-electron chi connectivity index (χ3n) is 1.40. The van der Waals surface area contributed by atoms with Gasteiger partial charge in [-0.05, 0) is 67.8 Å². The van der Waals surface area contributed by atoms with Gasteiger partial charge in [-0.3, -0.25) is 4.79 Å². The Kier molecular flexibility index (Phi) is 6.43. The molecule has 0 aliphatic rings. The van der Waals surface area contributed by atoms with Crippen LogP contribution in [0.4, 0.5) is 13.2 Å². The molecular formula is C7H9F3I3NO. The SMILES string of the molecule is CC(C)C(=O)N(CC(F)(F)F)C(I)(I)I. The minimum atomic E-state index is -4.36. The number of alkyl halides is 6. The zero-order valence-electron chi connectivity index (χ0n) is 7.91. The van der Waals surface area contributed by atoms with E-state index in [1.807, 2.05) is 0 Å². The maximum Gasteiger partial charge on any atom is 0.406 e. The summed E-state index contributed by atoms with van der Waals surface area (Å²) in [4.78, 5) is 12.4. The minimum Gasteiger partial charge on any atom is -0.302 e. The molecule has 8 heteroatoms. The van der Waals surface area contributed by atoms with E-state index in [1.54, 1.807) is 81.6 Å². The molecule has 0 unspecified atom stereocenters. The number of carbonyl (C=O) groups is 1. The molecule has 0 heterocycles. The molecule has 0 aliphatic heterocycles. The predicted molar refractivity (Wildman–Crippen MR) is 77.4 cm³/mol. The van der Waals surface area contributed by atoms with Crippen LogP contribution >= 0.6 is 67.8 Å². The first-order valence-corrected chi connectivity index (χ1v) is 7.13.